The van der Waals surface area contributed by atoms with Crippen LogP contribution < -0.4 is 10.6 Å². The minimum Gasteiger partial charge on any atom is -0.459 e. The van der Waals surface area contributed by atoms with Crippen LogP contribution in [-0.4, -0.2) is 50.1 Å². The molecule has 0 bridgehead atoms. The number of rotatable bonds is 11. The van der Waals surface area contributed by atoms with Crippen molar-refractivity contribution in [1.29, 1.82) is 0 Å². The van der Waals surface area contributed by atoms with Crippen molar-refractivity contribution in [3.8, 4) is 0 Å². The van der Waals surface area contributed by atoms with Crippen molar-refractivity contribution < 1.29 is 19.1 Å². The molecule has 1 aliphatic heterocycles. The summed E-state index contributed by atoms with van der Waals surface area (Å²) in [6.07, 6.45) is 2.40. The van der Waals surface area contributed by atoms with Crippen LogP contribution in [0.25, 0.3) is 11.2 Å². The van der Waals surface area contributed by atoms with Crippen LogP contribution in [0.3, 0.4) is 0 Å². The lowest BCUT2D eigenvalue weighted by atomic mass is 9.76. The second-order valence-corrected chi connectivity index (χ2v) is 12.8. The second-order valence-electron chi connectivity index (χ2n) is 12.8. The van der Waals surface area contributed by atoms with Crippen LogP contribution in [0.15, 0.2) is 164 Å². The first kappa shape index (κ1) is 33.6. The number of fused-ring (bicyclic) bond motifs is 1. The van der Waals surface area contributed by atoms with Gasteiger partial charge >= 0.3 is 5.97 Å². The molecule has 53 heavy (non-hydrogen) atoms. The monoisotopic (exact) mass is 700 g/mol. The lowest BCUT2D eigenvalue weighted by molar-refractivity contribution is -0.0360. The Labute approximate surface area is 306 Å². The van der Waals surface area contributed by atoms with Crippen molar-refractivity contribution >= 4 is 28.9 Å². The first-order valence-electron chi connectivity index (χ1n) is 17.5. The van der Waals surface area contributed by atoms with E-state index < -0.39 is 23.8 Å². The molecule has 10 nitrogen and oxygen atoms in total. The first-order chi connectivity index (χ1) is 26.1. The molecule has 0 radical (unpaired) electrons. The summed E-state index contributed by atoms with van der Waals surface area (Å²) in [5.74, 6) is -0.447. The highest BCUT2D eigenvalue weighted by atomic mass is 16.6. The van der Waals surface area contributed by atoms with E-state index in [0.29, 0.717) is 34.5 Å². The Morgan fingerprint density at radius 2 is 1.23 bits per heavy atom. The largest absolute Gasteiger partial charge is 0.459 e. The molecule has 2 N–H and O–H groups in total. The van der Waals surface area contributed by atoms with Gasteiger partial charge in [-0.3, -0.25) is 14.7 Å². The Hall–Kier alpha value is -6.49. The number of ether oxygens (including phenoxy) is 2. The van der Waals surface area contributed by atoms with E-state index in [-0.39, 0.29) is 18.6 Å². The van der Waals surface area contributed by atoms with Gasteiger partial charge in [-0.1, -0.05) is 127 Å². The van der Waals surface area contributed by atoms with E-state index in [1.54, 1.807) is 54.9 Å². The summed E-state index contributed by atoms with van der Waals surface area (Å²) in [4.78, 5) is 39.8. The summed E-state index contributed by atoms with van der Waals surface area (Å²) in [5, 5.41) is 6.93. The van der Waals surface area contributed by atoms with Crippen molar-refractivity contribution in [1.82, 2.24) is 24.8 Å². The molecule has 0 spiro atoms. The molecule has 3 heterocycles. The molecule has 1 unspecified atom stereocenters. The summed E-state index contributed by atoms with van der Waals surface area (Å²) >= 11 is 0. The number of hydrogen-bond donors (Lipinski definition) is 2. The van der Waals surface area contributed by atoms with E-state index in [2.05, 4.69) is 62.0 Å². The fourth-order valence-electron chi connectivity index (χ4n) is 7.04. The Kier molecular flexibility index (Phi) is 9.53. The molecule has 262 valence electrons. The van der Waals surface area contributed by atoms with Gasteiger partial charge < -0.3 is 14.8 Å². The average Bonchev–Trinajstić information content (AvgIpc) is 3.85. The van der Waals surface area contributed by atoms with Gasteiger partial charge in [0.25, 0.3) is 5.91 Å². The van der Waals surface area contributed by atoms with E-state index in [9.17, 15) is 9.59 Å². The van der Waals surface area contributed by atoms with Crippen LogP contribution in [0.4, 0.5) is 5.82 Å². The SMILES string of the molecule is O=C(Nc1ncnc2c1ncn2[C@H]1CC(NC(c2ccccc2)(c2ccccc2)c2ccccc2)[C@@H](COC(=O)c2ccccc2)O1)c1ccccc1. The minimum absolute atomic E-state index is 0.00363. The Bertz CT molecular complexity index is 2210. The van der Waals surface area contributed by atoms with Crippen LogP contribution in [0.2, 0.25) is 0 Å². The van der Waals surface area contributed by atoms with E-state index in [1.165, 1.54) is 6.33 Å². The maximum atomic E-state index is 13.2. The standard InChI is InChI=1S/C43H36N6O4/c50-41(30-16-6-1-7-17-30)47-39-38-40(45-28-44-39)49(29-46-38)37-26-35(36(53-37)27-52-42(51)31-18-8-2-9-19-31)48-43(32-20-10-3-11-21-32,33-22-12-4-13-23-33)34-24-14-5-15-25-34/h1-25,28-29,35-37,48H,26-27H2,(H,44,45,47,50)/t35?,36-,37-/m1/s1. The van der Waals surface area contributed by atoms with E-state index in [4.69, 9.17) is 9.47 Å². The highest BCUT2D eigenvalue weighted by Crippen LogP contribution is 2.41. The summed E-state index contributed by atoms with van der Waals surface area (Å²) < 4.78 is 14.6. The number of nitrogens with zero attached hydrogens (tertiary/aromatic N) is 4. The fraction of sp³-hybridized carbons (Fsp3) is 0.140. The third-order valence-corrected chi connectivity index (χ3v) is 9.58. The molecular weight excluding hydrogens is 665 g/mol. The highest BCUT2D eigenvalue weighted by Gasteiger charge is 2.45. The van der Waals surface area contributed by atoms with Crippen molar-refractivity contribution in [2.24, 2.45) is 0 Å². The number of carbonyl (C=O) groups excluding carboxylic acids is 2. The van der Waals surface area contributed by atoms with Gasteiger partial charge in [0, 0.05) is 18.0 Å². The number of nitrogens with one attached hydrogen (secondary N) is 2. The van der Waals surface area contributed by atoms with Crippen molar-refractivity contribution in [3.63, 3.8) is 0 Å². The number of aromatic nitrogens is 4. The second kappa shape index (κ2) is 15.0. The van der Waals surface area contributed by atoms with Crippen LogP contribution in [0.1, 0.15) is 50.1 Å². The predicted molar refractivity (Wildman–Crippen MR) is 201 cm³/mol. The van der Waals surface area contributed by atoms with Crippen LogP contribution in [0.5, 0.6) is 0 Å². The zero-order valence-electron chi connectivity index (χ0n) is 28.7. The molecule has 7 aromatic rings. The van der Waals surface area contributed by atoms with Gasteiger partial charge in [-0.15, -0.1) is 0 Å². The van der Waals surface area contributed by atoms with Gasteiger partial charge in [-0.2, -0.15) is 0 Å². The molecule has 8 rings (SSSR count). The maximum Gasteiger partial charge on any atom is 0.338 e. The van der Waals surface area contributed by atoms with E-state index in [0.717, 1.165) is 16.7 Å². The molecule has 1 fully saturated rings. The molecule has 1 amide bonds. The maximum absolute atomic E-state index is 13.2. The normalized spacial score (nSPS) is 17.0. The quantitative estimate of drug-likeness (QED) is 0.108. The molecular formula is C43H36N6O4. The van der Waals surface area contributed by atoms with Crippen molar-refractivity contribution in [2.45, 2.75) is 30.3 Å². The van der Waals surface area contributed by atoms with Crippen molar-refractivity contribution in [3.05, 3.63) is 192 Å². The van der Waals surface area contributed by atoms with Crippen LogP contribution in [0, 0.1) is 0 Å². The number of carbonyl (C=O) groups is 2. The zero-order valence-corrected chi connectivity index (χ0v) is 28.7. The van der Waals surface area contributed by atoms with Gasteiger partial charge in [-0.25, -0.2) is 19.7 Å². The van der Waals surface area contributed by atoms with Crippen LogP contribution >= 0.6 is 0 Å². The molecule has 3 atom stereocenters. The topological polar surface area (TPSA) is 120 Å². The first-order valence-corrected chi connectivity index (χ1v) is 17.5. The van der Waals surface area contributed by atoms with Gasteiger partial charge in [0.05, 0.1) is 17.4 Å². The summed E-state index contributed by atoms with van der Waals surface area (Å²) in [5.41, 5.74) is 4.20. The molecule has 2 aromatic heterocycles. The van der Waals surface area contributed by atoms with Gasteiger partial charge in [-0.05, 0) is 41.0 Å². The number of imidazole rings is 1. The Morgan fingerprint density at radius 1 is 0.698 bits per heavy atom. The lowest BCUT2D eigenvalue weighted by Crippen LogP contribution is -2.53. The summed E-state index contributed by atoms with van der Waals surface area (Å²) in [6, 6.07) is 48.5. The molecule has 0 aliphatic carbocycles. The molecule has 1 aliphatic rings. The zero-order chi connectivity index (χ0) is 36.0. The van der Waals surface area contributed by atoms with Crippen molar-refractivity contribution in [2.75, 3.05) is 11.9 Å². The highest BCUT2D eigenvalue weighted by molar-refractivity contribution is 6.06. The van der Waals surface area contributed by atoms with Crippen LogP contribution in [-0.2, 0) is 15.0 Å². The molecule has 0 saturated carbocycles. The summed E-state index contributed by atoms with van der Waals surface area (Å²) in [7, 11) is 0. The average molecular weight is 701 g/mol. The molecule has 10 heteroatoms. The summed E-state index contributed by atoms with van der Waals surface area (Å²) in [6.45, 7) is -0.00363. The van der Waals surface area contributed by atoms with E-state index >= 15 is 0 Å². The third-order valence-electron chi connectivity index (χ3n) is 9.58. The third kappa shape index (κ3) is 6.81. The number of hydrogen-bond acceptors (Lipinski definition) is 8. The van der Waals surface area contributed by atoms with E-state index in [1.807, 2.05) is 71.3 Å². The molecule has 5 aromatic carbocycles. The molecule has 1 saturated heterocycles. The number of esters is 1. The Balaban J connectivity index is 1.17. The van der Waals surface area contributed by atoms with Gasteiger partial charge in [0.15, 0.2) is 17.0 Å². The minimum atomic E-state index is -0.803. The lowest BCUT2D eigenvalue weighted by Gasteiger charge is -2.40. The number of anilines is 1. The van der Waals surface area contributed by atoms with Gasteiger partial charge in [0.1, 0.15) is 25.3 Å². The smallest absolute Gasteiger partial charge is 0.338 e. The number of amides is 1. The predicted octanol–water partition coefficient (Wildman–Crippen LogP) is 7.17. The van der Waals surface area contributed by atoms with Gasteiger partial charge in [0.2, 0.25) is 0 Å². The fourth-order valence-corrected chi connectivity index (χ4v) is 7.04. The number of benzene rings is 5. The Morgan fingerprint density at radius 3 is 1.79 bits per heavy atom.